The van der Waals surface area contributed by atoms with Crippen LogP contribution in [0.1, 0.15) is 12.5 Å². The molecule has 0 aromatic heterocycles. The number of likely N-dealkylation sites (N-methyl/N-ethyl adjacent to an activating group) is 1. The predicted molar refractivity (Wildman–Crippen MR) is 72.1 cm³/mol. The van der Waals surface area contributed by atoms with Crippen LogP contribution in [0.25, 0.3) is 0 Å². The van der Waals surface area contributed by atoms with Gasteiger partial charge in [0.05, 0.1) is 18.5 Å². The Kier molecular flexibility index (Phi) is 5.34. The summed E-state index contributed by atoms with van der Waals surface area (Å²) in [6, 6.07) is 9.82. The van der Waals surface area contributed by atoms with Gasteiger partial charge in [0.2, 0.25) is 5.91 Å². The molecule has 0 saturated carbocycles. The number of carbonyl (C=O) groups excluding carboxylic acids is 1. The summed E-state index contributed by atoms with van der Waals surface area (Å²) in [5.74, 6) is -0.131. The number of rotatable bonds is 5. The first-order chi connectivity index (χ1) is 8.51. The number of benzene rings is 1. The lowest BCUT2D eigenvalue weighted by atomic mass is 10.2. The average Bonchev–Trinajstić information content (AvgIpc) is 2.31. The van der Waals surface area contributed by atoms with Crippen LogP contribution in [0.2, 0.25) is 0 Å². The van der Waals surface area contributed by atoms with Gasteiger partial charge in [-0.1, -0.05) is 17.7 Å². The second kappa shape index (κ2) is 6.77. The highest BCUT2D eigenvalue weighted by molar-refractivity contribution is 5.92. The van der Waals surface area contributed by atoms with E-state index in [-0.39, 0.29) is 11.8 Å². The van der Waals surface area contributed by atoms with E-state index in [2.05, 4.69) is 11.4 Å². The van der Waals surface area contributed by atoms with Crippen molar-refractivity contribution in [2.45, 2.75) is 13.8 Å². The Balaban J connectivity index is 2.42. The smallest absolute Gasteiger partial charge is 0.238 e. The molecule has 1 aromatic carbocycles. The third-order valence-electron chi connectivity index (χ3n) is 2.55. The van der Waals surface area contributed by atoms with Crippen molar-refractivity contribution < 1.29 is 4.79 Å². The van der Waals surface area contributed by atoms with Crippen molar-refractivity contribution in [3.05, 3.63) is 29.8 Å². The van der Waals surface area contributed by atoms with Crippen LogP contribution < -0.4 is 5.32 Å². The second-order valence-corrected chi connectivity index (χ2v) is 4.64. The Morgan fingerprint density at radius 1 is 1.44 bits per heavy atom. The molecule has 0 bridgehead atoms. The lowest BCUT2D eigenvalue weighted by molar-refractivity contribution is -0.117. The second-order valence-electron chi connectivity index (χ2n) is 4.64. The summed E-state index contributed by atoms with van der Waals surface area (Å²) in [5, 5.41) is 11.5. The van der Waals surface area contributed by atoms with Gasteiger partial charge in [-0.15, -0.1) is 0 Å². The van der Waals surface area contributed by atoms with Crippen LogP contribution in [-0.4, -0.2) is 30.9 Å². The largest absolute Gasteiger partial charge is 0.325 e. The number of aryl methyl sites for hydroxylation is 1. The van der Waals surface area contributed by atoms with Gasteiger partial charge in [0, 0.05) is 12.2 Å². The number of nitrogens with one attached hydrogen (secondary N) is 1. The molecule has 0 aliphatic rings. The molecule has 0 fully saturated rings. The molecule has 0 radical (unpaired) electrons. The summed E-state index contributed by atoms with van der Waals surface area (Å²) in [7, 11) is 1.84. The zero-order valence-electron chi connectivity index (χ0n) is 11.1. The molecule has 1 amide bonds. The maximum atomic E-state index is 11.7. The summed E-state index contributed by atoms with van der Waals surface area (Å²) in [4.78, 5) is 13.6. The van der Waals surface area contributed by atoms with E-state index in [9.17, 15) is 4.79 Å². The number of hydrogen-bond donors (Lipinski definition) is 1. The summed E-state index contributed by atoms with van der Waals surface area (Å²) in [5.41, 5.74) is 1.96. The van der Waals surface area contributed by atoms with Crippen molar-refractivity contribution in [2.24, 2.45) is 5.92 Å². The van der Waals surface area contributed by atoms with E-state index < -0.39 is 0 Å². The molecule has 1 aromatic rings. The highest BCUT2D eigenvalue weighted by atomic mass is 16.2. The Morgan fingerprint density at radius 3 is 2.61 bits per heavy atom. The van der Waals surface area contributed by atoms with Gasteiger partial charge >= 0.3 is 0 Å². The lowest BCUT2D eigenvalue weighted by Crippen LogP contribution is -2.32. The molecule has 18 heavy (non-hydrogen) atoms. The molecule has 1 rings (SSSR count). The highest BCUT2D eigenvalue weighted by Gasteiger charge is 2.09. The first-order valence-electron chi connectivity index (χ1n) is 5.96. The molecule has 1 atom stereocenters. The molecule has 4 heteroatoms. The van der Waals surface area contributed by atoms with E-state index in [0.29, 0.717) is 13.1 Å². The van der Waals surface area contributed by atoms with Crippen LogP contribution >= 0.6 is 0 Å². The molecule has 0 heterocycles. The quantitative estimate of drug-likeness (QED) is 0.863. The maximum absolute atomic E-state index is 11.7. The van der Waals surface area contributed by atoms with Crippen molar-refractivity contribution in [1.82, 2.24) is 4.90 Å². The fourth-order valence-electron chi connectivity index (χ4n) is 1.66. The number of nitriles is 1. The van der Waals surface area contributed by atoms with Crippen LogP contribution in [0.15, 0.2) is 24.3 Å². The highest BCUT2D eigenvalue weighted by Crippen LogP contribution is 2.08. The van der Waals surface area contributed by atoms with Gasteiger partial charge in [-0.05, 0) is 33.0 Å². The van der Waals surface area contributed by atoms with Crippen LogP contribution in [0.3, 0.4) is 0 Å². The number of amides is 1. The van der Waals surface area contributed by atoms with Gasteiger partial charge in [-0.3, -0.25) is 9.69 Å². The fraction of sp³-hybridized carbons (Fsp3) is 0.429. The molecule has 4 nitrogen and oxygen atoms in total. The number of anilines is 1. The molecular formula is C14H19N3O. The van der Waals surface area contributed by atoms with Crippen LogP contribution in [-0.2, 0) is 4.79 Å². The maximum Gasteiger partial charge on any atom is 0.238 e. The standard InChI is InChI=1S/C14H19N3O/c1-11-4-6-13(7-5-11)16-14(18)10-17(3)9-12(2)8-15/h4-7,12H,9-10H2,1-3H3,(H,16,18)/t12-/m1/s1. The van der Waals surface area contributed by atoms with Crippen LogP contribution in [0, 0.1) is 24.2 Å². The summed E-state index contributed by atoms with van der Waals surface area (Å²) in [6.07, 6.45) is 0. The first kappa shape index (κ1) is 14.2. The molecule has 1 N–H and O–H groups in total. The number of nitrogens with zero attached hydrogens (tertiary/aromatic N) is 2. The van der Waals surface area contributed by atoms with Gasteiger partial charge < -0.3 is 5.32 Å². The molecular weight excluding hydrogens is 226 g/mol. The van der Waals surface area contributed by atoms with Gasteiger partial charge in [0.15, 0.2) is 0 Å². The van der Waals surface area contributed by atoms with Gasteiger partial charge in [0.1, 0.15) is 0 Å². The van der Waals surface area contributed by atoms with Crippen molar-refractivity contribution in [2.75, 3.05) is 25.5 Å². The average molecular weight is 245 g/mol. The van der Waals surface area contributed by atoms with Gasteiger partial charge in [-0.2, -0.15) is 5.26 Å². The fourth-order valence-corrected chi connectivity index (χ4v) is 1.66. The lowest BCUT2D eigenvalue weighted by Gasteiger charge is -2.17. The van der Waals surface area contributed by atoms with Crippen molar-refractivity contribution >= 4 is 11.6 Å². The van der Waals surface area contributed by atoms with Crippen molar-refractivity contribution in [3.63, 3.8) is 0 Å². The summed E-state index contributed by atoms with van der Waals surface area (Å²) in [6.45, 7) is 4.73. The molecule has 96 valence electrons. The zero-order valence-corrected chi connectivity index (χ0v) is 11.1. The normalized spacial score (nSPS) is 11.9. The molecule has 0 aliphatic heterocycles. The Hall–Kier alpha value is -1.86. The Labute approximate surface area is 108 Å². The molecule has 0 spiro atoms. The number of carbonyl (C=O) groups is 1. The van der Waals surface area contributed by atoms with E-state index in [0.717, 1.165) is 11.3 Å². The Morgan fingerprint density at radius 2 is 2.06 bits per heavy atom. The van der Waals surface area contributed by atoms with Crippen LogP contribution in [0.4, 0.5) is 5.69 Å². The zero-order chi connectivity index (χ0) is 13.5. The topological polar surface area (TPSA) is 56.1 Å². The van der Waals surface area contributed by atoms with Crippen LogP contribution in [0.5, 0.6) is 0 Å². The molecule has 0 unspecified atom stereocenters. The number of hydrogen-bond acceptors (Lipinski definition) is 3. The SMILES string of the molecule is Cc1ccc(NC(=O)CN(C)C[C@H](C)C#N)cc1. The van der Waals surface area contributed by atoms with Crippen molar-refractivity contribution in [3.8, 4) is 6.07 Å². The summed E-state index contributed by atoms with van der Waals surface area (Å²) >= 11 is 0. The summed E-state index contributed by atoms with van der Waals surface area (Å²) < 4.78 is 0. The van der Waals surface area contributed by atoms with E-state index >= 15 is 0 Å². The third-order valence-corrected chi connectivity index (χ3v) is 2.55. The van der Waals surface area contributed by atoms with E-state index in [1.807, 2.05) is 50.1 Å². The van der Waals surface area contributed by atoms with Crippen molar-refractivity contribution in [1.29, 1.82) is 5.26 Å². The van der Waals surface area contributed by atoms with E-state index in [4.69, 9.17) is 5.26 Å². The minimum absolute atomic E-state index is 0.0634. The van der Waals surface area contributed by atoms with Gasteiger partial charge in [-0.25, -0.2) is 0 Å². The third kappa shape index (κ3) is 4.98. The monoisotopic (exact) mass is 245 g/mol. The predicted octanol–water partition coefficient (Wildman–Crippen LogP) is 2.02. The molecule has 0 aliphatic carbocycles. The molecule has 0 saturated heterocycles. The first-order valence-corrected chi connectivity index (χ1v) is 5.96. The van der Waals surface area contributed by atoms with E-state index in [1.54, 1.807) is 0 Å². The van der Waals surface area contributed by atoms with Gasteiger partial charge in [0.25, 0.3) is 0 Å². The Bertz CT molecular complexity index is 433. The minimum Gasteiger partial charge on any atom is -0.325 e. The minimum atomic E-state index is -0.0674. The van der Waals surface area contributed by atoms with E-state index in [1.165, 1.54) is 0 Å².